The Morgan fingerprint density at radius 1 is 0.625 bits per heavy atom. The Morgan fingerprint density at radius 3 is 1.33 bits per heavy atom. The molecule has 6 atom stereocenters. The number of nitrogens with one attached hydrogen (secondary N) is 3. The summed E-state index contributed by atoms with van der Waals surface area (Å²) in [7, 11) is 3.56. The van der Waals surface area contributed by atoms with Crippen molar-refractivity contribution in [3.63, 3.8) is 0 Å². The van der Waals surface area contributed by atoms with Gasteiger partial charge in [0.15, 0.2) is 0 Å². The predicted molar refractivity (Wildman–Crippen MR) is 278 cm³/mol. The van der Waals surface area contributed by atoms with E-state index in [1.54, 1.807) is 13.8 Å². The molecular weight excluding hydrogens is 913 g/mol. The minimum absolute atomic E-state index is 0.0242. The summed E-state index contributed by atoms with van der Waals surface area (Å²) in [5.74, 6) is -13.2. The van der Waals surface area contributed by atoms with Gasteiger partial charge in [0, 0.05) is 99.1 Å². The lowest BCUT2D eigenvalue weighted by Gasteiger charge is -2.41. The van der Waals surface area contributed by atoms with Gasteiger partial charge in [-0.1, -0.05) is 20.7 Å². The van der Waals surface area contributed by atoms with E-state index in [2.05, 4.69) is 59.4 Å². The van der Waals surface area contributed by atoms with Crippen molar-refractivity contribution in [3.05, 3.63) is 88.4 Å². The number of H-pyrrole nitrogens is 3. The number of carbonyl (C=O) groups is 3. The van der Waals surface area contributed by atoms with Crippen LogP contribution in [-0.4, -0.2) is 175 Å². The molecule has 3 aliphatic rings. The monoisotopic (exact) mass is 1010 g/mol. The number of aromatic nitrogens is 9. The van der Waals surface area contributed by atoms with Crippen molar-refractivity contribution >= 4 is 68.3 Å². The van der Waals surface area contributed by atoms with Crippen molar-refractivity contribution in [3.8, 4) is 0 Å². The highest BCUT2D eigenvalue weighted by molar-refractivity contribution is 5.90. The molecule has 9 heterocycles. The van der Waals surface area contributed by atoms with E-state index in [0.717, 1.165) is 28.7 Å². The fraction of sp³-hybridized carbons (Fsp3) is 0.529. The topological polar surface area (TPSA) is 208 Å². The largest absolute Gasteiger partial charge is 0.354 e. The Hall–Kier alpha value is -7.86. The van der Waals surface area contributed by atoms with Gasteiger partial charge < -0.3 is 58.9 Å². The molecule has 3 saturated heterocycles. The van der Waals surface area contributed by atoms with E-state index in [9.17, 15) is 14.4 Å². The first-order valence-electron chi connectivity index (χ1n) is 38.0. The van der Waals surface area contributed by atoms with E-state index in [1.807, 2.05) is 0 Å². The molecule has 9 rings (SSSR count). The van der Waals surface area contributed by atoms with Crippen molar-refractivity contribution in [2.75, 3.05) is 94.3 Å². The van der Waals surface area contributed by atoms with E-state index >= 15 is 0 Å². The van der Waals surface area contributed by atoms with Crippen LogP contribution in [0.5, 0.6) is 0 Å². The van der Waals surface area contributed by atoms with Gasteiger partial charge in [0.25, 0.3) is 19.5 Å². The van der Waals surface area contributed by atoms with Crippen LogP contribution < -0.4 is 14.7 Å². The highest BCUT2D eigenvalue weighted by Crippen LogP contribution is 2.32. The minimum Gasteiger partial charge on any atom is -0.354 e. The van der Waals surface area contributed by atoms with E-state index in [0.29, 0.717) is 11.4 Å². The minimum atomic E-state index is -3.73. The summed E-state index contributed by atoms with van der Waals surface area (Å²) in [5.41, 5.74) is 1.14. The maximum atomic E-state index is 13.0. The van der Waals surface area contributed by atoms with Crippen molar-refractivity contribution in [1.82, 2.24) is 59.6 Å². The average molecular weight is 1010 g/mol. The molecule has 0 bridgehead atoms. The number of hydrogen-bond acceptors (Lipinski definition) is 12. The number of anilines is 3. The van der Waals surface area contributed by atoms with Crippen LogP contribution in [0.4, 0.5) is 17.5 Å². The van der Waals surface area contributed by atoms with Gasteiger partial charge in [-0.25, -0.2) is 49.6 Å². The molecule has 0 unspecified atom stereocenters. The lowest BCUT2D eigenvalue weighted by atomic mass is 9.92. The normalized spacial score (nSPS) is 35.8. The van der Waals surface area contributed by atoms with Gasteiger partial charge in [-0.05, 0) is 75.7 Å². The van der Waals surface area contributed by atoms with Crippen LogP contribution in [0.25, 0.3) is 47.6 Å². The van der Waals surface area contributed by atoms with Gasteiger partial charge in [0.05, 0.1) is 46.6 Å². The molecule has 3 aliphatic heterocycles. The Morgan fingerprint density at radius 2 is 0.958 bits per heavy atom. The van der Waals surface area contributed by atoms with Gasteiger partial charge in [-0.3, -0.25) is 14.4 Å². The number of hydrogen-bond donors (Lipinski definition) is 3. The average Bonchev–Trinajstić information content (AvgIpc) is 0.898. The van der Waals surface area contributed by atoms with Crippen molar-refractivity contribution in [1.29, 1.82) is 0 Å². The Balaban J connectivity index is 0.000000222. The summed E-state index contributed by atoms with van der Waals surface area (Å²) < 4.78 is 280. The molecule has 21 nitrogen and oxygen atoms in total. The first kappa shape index (κ1) is 23.6. The maximum absolute atomic E-state index is 13.0. The van der Waals surface area contributed by atoms with Gasteiger partial charge in [-0.15, -0.1) is 0 Å². The quantitative estimate of drug-likeness (QED) is 0.152. The predicted octanol–water partition coefficient (Wildman–Crippen LogP) is 5.58. The molecule has 0 spiro atoms. The number of aryl methyl sites for hydroxylation is 3. The summed E-state index contributed by atoms with van der Waals surface area (Å²) in [6, 6.07) is -6.32. The molecule has 21 heteroatoms. The lowest BCUT2D eigenvalue weighted by Crippen LogP contribution is -2.53. The smallest absolute Gasteiger partial charge is 0.302 e. The number of nitrogens with zero attached hydrogens (tertiary/aromatic N) is 15. The molecule has 6 aromatic rings. The number of amides is 3. The second kappa shape index (κ2) is 22.9. The zero-order chi connectivity index (χ0) is 82.0. The van der Waals surface area contributed by atoms with E-state index in [1.165, 1.54) is 27.9 Å². The summed E-state index contributed by atoms with van der Waals surface area (Å²) in [5, 5.41) is 0.0678. The fourth-order valence-electron chi connectivity index (χ4n) is 7.15. The van der Waals surface area contributed by atoms with E-state index in [-0.39, 0.29) is 84.2 Å². The molecule has 0 aliphatic carbocycles. The maximum Gasteiger partial charge on any atom is 0.302 e. The summed E-state index contributed by atoms with van der Waals surface area (Å²) >= 11 is 0. The van der Waals surface area contributed by atoms with Crippen LogP contribution in [-0.2, 0) is 14.4 Å². The number of likely N-dealkylation sites (tertiary alicyclic amines) is 3. The zero-order valence-corrected chi connectivity index (χ0v) is 39.3. The van der Waals surface area contributed by atoms with Crippen LogP contribution in [0.1, 0.15) is 104 Å². The second-order valence-electron chi connectivity index (χ2n) is 15.5. The van der Waals surface area contributed by atoms with Crippen LogP contribution >= 0.6 is 0 Å². The molecule has 0 saturated carbocycles. The molecule has 72 heavy (non-hydrogen) atoms. The third-order valence-electron chi connectivity index (χ3n) is 10.6. The number of aromatic amines is 3. The molecule has 3 fully saturated rings. The van der Waals surface area contributed by atoms with Crippen LogP contribution in [0, 0.1) is 58.2 Å². The highest BCUT2D eigenvalue weighted by atomic mass is 16.2. The molecule has 6 aromatic heterocycles. The summed E-state index contributed by atoms with van der Waals surface area (Å²) in [6.45, 7) is -6.34. The number of piperidine rings is 3. The number of fused-ring (bicyclic) bond motifs is 3. The van der Waals surface area contributed by atoms with Crippen LogP contribution in [0.3, 0.4) is 0 Å². The Labute approximate surface area is 468 Å². The van der Waals surface area contributed by atoms with Gasteiger partial charge in [0.2, 0.25) is 0 Å². The van der Waals surface area contributed by atoms with Gasteiger partial charge in [-0.2, -0.15) is 0 Å². The van der Waals surface area contributed by atoms with Gasteiger partial charge >= 0.3 is 17.7 Å². The number of carbonyl (C=O) groups excluding carboxylic acids is 3. The fourth-order valence-corrected chi connectivity index (χ4v) is 7.15. The second-order valence-corrected chi connectivity index (χ2v) is 15.5. The highest BCUT2D eigenvalue weighted by Gasteiger charge is 2.36. The molecule has 3 N–H and O–H groups in total. The van der Waals surface area contributed by atoms with Crippen LogP contribution in [0.2, 0.25) is 0 Å². The molecule has 378 valence electrons. The molecule has 0 aromatic carbocycles. The van der Waals surface area contributed by atoms with Gasteiger partial charge in [0.1, 0.15) is 65.6 Å². The number of likely N-dealkylation sites (N-methyl/N-ethyl adjacent to an activating group) is 3. The van der Waals surface area contributed by atoms with Crippen molar-refractivity contribution in [2.45, 2.75) is 78.7 Å². The summed E-state index contributed by atoms with van der Waals surface area (Å²) in [6.07, 6.45) is -11.4. The lowest BCUT2D eigenvalue weighted by molar-refractivity contribution is -0.131. The molecule has 0 radical (unpaired) electrons. The zero-order valence-electron chi connectivity index (χ0n) is 73.3. The van der Waals surface area contributed by atoms with E-state index in [4.69, 9.17) is 66.3 Å². The number of rotatable bonds is 9. The molecular formula is C51H66N18O3. The van der Waals surface area contributed by atoms with Crippen molar-refractivity contribution < 1.29 is 61.0 Å². The SMILES string of the molecule is [2H]c1nc(N(C)[C@@H]2[C@H](C([2H])([2H])[2H])C([2H])([2H])C([2H])([2H])N(C(=O)C([2H])([2H])[N+]#[C-])C2([2H])[2H])c2c([2H])c(C)[nH]c2n1.[2H]c1nc(N(C)[C@@H]2[C@H](C)C([2H])([2H])C([2H])([2H])N(C(=O)C([2H])([2H])[N+]#[C-])C2([2H])[2H])c2c([2H])c(C)[nH]c2n1.[2H]c1nc(N(C)[C@H]2C([2H])([2H])N(C(=O)C([2H])([2H])[N+]#[C-])C([2H])([2H])C([2H])([2H])[C@@]2([2H])C)c2c([2H])c(C)[nH]c2n1. The van der Waals surface area contributed by atoms with E-state index < -0.39 is 162 Å². The van der Waals surface area contributed by atoms with Crippen molar-refractivity contribution in [2.24, 2.45) is 17.7 Å². The third kappa shape index (κ3) is 11.5. The summed E-state index contributed by atoms with van der Waals surface area (Å²) in [4.78, 5) is 80.2. The third-order valence-corrected chi connectivity index (χ3v) is 10.6. The Bertz CT molecular complexity index is 4670. The van der Waals surface area contributed by atoms with Crippen LogP contribution in [0.15, 0.2) is 37.0 Å². The first-order chi connectivity index (χ1) is 47.6. The standard InChI is InChI=1S/3C17H22N6O/c3*1-11-5-6-23(15(24)8-18-3)9-14(11)22(4)17-13-7-12(2)21-16(13)19-10-20-17/h3*7,10-11,14H,5-6,8-9H2,1-2,4H3,(H,19,20,21)/t3*11-,14+/m111/s1/i5D2,6D2,7D,8D2,9D2,10D,11D;1D3,5D2,6D2,7D,8D2,9D2,10D;5D2,6D2,7D,8D2,9D2,10D. The Kier molecular flexibility index (Phi) is 7.51. The first-order valence-corrected chi connectivity index (χ1v) is 21.0. The molecule has 3 amide bonds.